The van der Waals surface area contributed by atoms with Gasteiger partial charge in [-0.2, -0.15) is 13.2 Å². The van der Waals surface area contributed by atoms with Crippen LogP contribution in [0.25, 0.3) is 0 Å². The van der Waals surface area contributed by atoms with Gasteiger partial charge in [-0.25, -0.2) is 0 Å². The molecule has 0 aliphatic rings. The Hall–Kier alpha value is -2.52. The van der Waals surface area contributed by atoms with Crippen molar-refractivity contribution >= 4 is 23.2 Å². The minimum absolute atomic E-state index is 0.0344. The van der Waals surface area contributed by atoms with Crippen LogP contribution in [-0.4, -0.2) is 10.9 Å². The van der Waals surface area contributed by atoms with Crippen molar-refractivity contribution in [3.05, 3.63) is 58.4 Å². The van der Waals surface area contributed by atoms with Crippen molar-refractivity contribution in [1.82, 2.24) is 4.98 Å². The SMILES string of the molecule is C#Cc1cncc(C(=O)Nc2ccc(Cl)c(C(F)(F)F)c2)c1. The molecular weight excluding hydrogens is 317 g/mol. The molecule has 0 atom stereocenters. The summed E-state index contributed by atoms with van der Waals surface area (Å²) in [5.41, 5.74) is -0.533. The van der Waals surface area contributed by atoms with Crippen molar-refractivity contribution in [3.8, 4) is 12.3 Å². The summed E-state index contributed by atoms with van der Waals surface area (Å²) in [7, 11) is 0. The summed E-state index contributed by atoms with van der Waals surface area (Å²) in [5.74, 6) is 1.69. The van der Waals surface area contributed by atoms with Crippen LogP contribution >= 0.6 is 11.6 Å². The molecule has 1 N–H and O–H groups in total. The fraction of sp³-hybridized carbons (Fsp3) is 0.0667. The van der Waals surface area contributed by atoms with E-state index in [0.29, 0.717) is 5.56 Å². The van der Waals surface area contributed by atoms with Crippen molar-refractivity contribution in [1.29, 1.82) is 0 Å². The predicted octanol–water partition coefficient (Wildman–Crippen LogP) is 3.99. The highest BCUT2D eigenvalue weighted by Crippen LogP contribution is 2.36. The van der Waals surface area contributed by atoms with Crippen LogP contribution in [0.1, 0.15) is 21.5 Å². The standard InChI is InChI=1S/C15H8ClF3N2O/c1-2-9-5-10(8-20-7-9)14(22)21-11-3-4-13(16)12(6-11)15(17,18)19/h1,3-8H,(H,21,22). The molecule has 22 heavy (non-hydrogen) atoms. The highest BCUT2D eigenvalue weighted by molar-refractivity contribution is 6.31. The van der Waals surface area contributed by atoms with E-state index in [0.717, 1.165) is 12.1 Å². The summed E-state index contributed by atoms with van der Waals surface area (Å²) in [6, 6.07) is 4.51. The number of aromatic nitrogens is 1. The molecule has 0 radical (unpaired) electrons. The number of alkyl halides is 3. The molecule has 0 saturated heterocycles. The van der Waals surface area contributed by atoms with E-state index in [1.807, 2.05) is 0 Å². The Balaban J connectivity index is 2.27. The Morgan fingerprint density at radius 2 is 2.00 bits per heavy atom. The van der Waals surface area contributed by atoms with Gasteiger partial charge in [-0.3, -0.25) is 9.78 Å². The first-order valence-electron chi connectivity index (χ1n) is 5.91. The third kappa shape index (κ3) is 3.57. The van der Waals surface area contributed by atoms with E-state index in [9.17, 15) is 18.0 Å². The number of nitrogens with zero attached hydrogens (tertiary/aromatic N) is 1. The maximum Gasteiger partial charge on any atom is 0.417 e. The van der Waals surface area contributed by atoms with Gasteiger partial charge in [-0.05, 0) is 24.3 Å². The smallest absolute Gasteiger partial charge is 0.322 e. The van der Waals surface area contributed by atoms with Gasteiger partial charge in [0, 0.05) is 23.6 Å². The molecule has 2 rings (SSSR count). The first-order chi connectivity index (χ1) is 10.3. The lowest BCUT2D eigenvalue weighted by Gasteiger charge is -2.11. The zero-order chi connectivity index (χ0) is 16.3. The number of pyridine rings is 1. The summed E-state index contributed by atoms with van der Waals surface area (Å²) in [5, 5.41) is 1.90. The summed E-state index contributed by atoms with van der Waals surface area (Å²) >= 11 is 5.51. The zero-order valence-electron chi connectivity index (χ0n) is 10.9. The van der Waals surface area contributed by atoms with E-state index < -0.39 is 22.7 Å². The maximum absolute atomic E-state index is 12.8. The normalized spacial score (nSPS) is 10.9. The highest BCUT2D eigenvalue weighted by atomic mass is 35.5. The average molecular weight is 325 g/mol. The molecular formula is C15H8ClF3N2O. The summed E-state index contributed by atoms with van der Waals surface area (Å²) in [4.78, 5) is 15.8. The predicted molar refractivity (Wildman–Crippen MR) is 76.6 cm³/mol. The van der Waals surface area contributed by atoms with Gasteiger partial charge >= 0.3 is 6.18 Å². The molecule has 0 unspecified atom stereocenters. The number of benzene rings is 1. The van der Waals surface area contributed by atoms with E-state index >= 15 is 0 Å². The number of rotatable bonds is 2. The van der Waals surface area contributed by atoms with Gasteiger partial charge in [0.2, 0.25) is 0 Å². The lowest BCUT2D eigenvalue weighted by atomic mass is 10.1. The van der Waals surface area contributed by atoms with Crippen LogP contribution in [-0.2, 0) is 6.18 Å². The number of hydrogen-bond donors (Lipinski definition) is 1. The van der Waals surface area contributed by atoms with Crippen molar-refractivity contribution in [2.24, 2.45) is 0 Å². The molecule has 0 saturated carbocycles. The largest absolute Gasteiger partial charge is 0.417 e. The molecule has 1 heterocycles. The monoisotopic (exact) mass is 324 g/mol. The molecule has 0 bridgehead atoms. The fourth-order valence-corrected chi connectivity index (χ4v) is 1.89. The Kier molecular flexibility index (Phi) is 4.38. The Labute approximate surface area is 129 Å². The Morgan fingerprint density at radius 1 is 1.27 bits per heavy atom. The molecule has 0 aliphatic heterocycles. The summed E-state index contributed by atoms with van der Waals surface area (Å²) in [6.07, 6.45) is 3.24. The van der Waals surface area contributed by atoms with Crippen molar-refractivity contribution < 1.29 is 18.0 Å². The topological polar surface area (TPSA) is 42.0 Å². The van der Waals surface area contributed by atoms with Crippen LogP contribution in [0.4, 0.5) is 18.9 Å². The molecule has 112 valence electrons. The third-order valence-corrected chi connectivity index (χ3v) is 3.03. The molecule has 2 aromatic rings. The summed E-state index contributed by atoms with van der Waals surface area (Å²) in [6.45, 7) is 0. The zero-order valence-corrected chi connectivity index (χ0v) is 11.7. The number of hydrogen-bond acceptors (Lipinski definition) is 2. The number of anilines is 1. The van der Waals surface area contributed by atoms with Gasteiger partial charge in [0.25, 0.3) is 5.91 Å². The minimum Gasteiger partial charge on any atom is -0.322 e. The van der Waals surface area contributed by atoms with E-state index in [4.69, 9.17) is 18.0 Å². The number of carbonyl (C=O) groups excluding carboxylic acids is 1. The van der Waals surface area contributed by atoms with Crippen molar-refractivity contribution in [3.63, 3.8) is 0 Å². The molecule has 1 amide bonds. The number of halogens is 4. The van der Waals surface area contributed by atoms with Gasteiger partial charge < -0.3 is 5.32 Å². The van der Waals surface area contributed by atoms with Crippen LogP contribution in [0.5, 0.6) is 0 Å². The second-order valence-corrected chi connectivity index (χ2v) is 4.66. The van der Waals surface area contributed by atoms with Gasteiger partial charge in [0.1, 0.15) is 0 Å². The highest BCUT2D eigenvalue weighted by Gasteiger charge is 2.33. The number of terminal acetylenes is 1. The van der Waals surface area contributed by atoms with E-state index in [2.05, 4.69) is 16.2 Å². The average Bonchev–Trinajstić information content (AvgIpc) is 2.48. The molecule has 0 aliphatic carbocycles. The lowest BCUT2D eigenvalue weighted by Crippen LogP contribution is -2.14. The number of nitrogens with one attached hydrogen (secondary N) is 1. The molecule has 1 aromatic carbocycles. The van der Waals surface area contributed by atoms with Gasteiger partial charge in [-0.15, -0.1) is 6.42 Å². The molecule has 0 spiro atoms. The maximum atomic E-state index is 12.8. The molecule has 7 heteroatoms. The van der Waals surface area contributed by atoms with Crippen LogP contribution < -0.4 is 5.32 Å². The first-order valence-corrected chi connectivity index (χ1v) is 6.29. The fourth-order valence-electron chi connectivity index (χ4n) is 1.67. The summed E-state index contributed by atoms with van der Waals surface area (Å²) < 4.78 is 38.3. The van der Waals surface area contributed by atoms with Crippen LogP contribution in [0.2, 0.25) is 5.02 Å². The molecule has 3 nitrogen and oxygen atoms in total. The Morgan fingerprint density at radius 3 is 2.64 bits per heavy atom. The van der Waals surface area contributed by atoms with Gasteiger partial charge in [0.05, 0.1) is 16.1 Å². The van der Waals surface area contributed by atoms with Crippen molar-refractivity contribution in [2.45, 2.75) is 6.18 Å². The van der Waals surface area contributed by atoms with Gasteiger partial charge in [-0.1, -0.05) is 17.5 Å². The lowest BCUT2D eigenvalue weighted by molar-refractivity contribution is -0.137. The van der Waals surface area contributed by atoms with Gasteiger partial charge in [0.15, 0.2) is 0 Å². The van der Waals surface area contributed by atoms with Crippen molar-refractivity contribution in [2.75, 3.05) is 5.32 Å². The second kappa shape index (κ2) is 6.08. The third-order valence-electron chi connectivity index (χ3n) is 2.70. The Bertz CT molecular complexity index is 766. The van der Waals surface area contributed by atoms with E-state index in [-0.39, 0.29) is 11.3 Å². The number of amides is 1. The number of carbonyl (C=O) groups is 1. The van der Waals surface area contributed by atoms with Crippen LogP contribution in [0.3, 0.4) is 0 Å². The quantitative estimate of drug-likeness (QED) is 0.849. The molecule has 0 fully saturated rings. The van der Waals surface area contributed by atoms with E-state index in [1.54, 1.807) is 0 Å². The first kappa shape index (κ1) is 15.9. The van der Waals surface area contributed by atoms with Crippen LogP contribution in [0.15, 0.2) is 36.7 Å². The van der Waals surface area contributed by atoms with E-state index in [1.165, 1.54) is 24.5 Å². The van der Waals surface area contributed by atoms with Crippen LogP contribution in [0, 0.1) is 12.3 Å². The molecule has 1 aromatic heterocycles. The second-order valence-electron chi connectivity index (χ2n) is 4.25. The minimum atomic E-state index is -4.61.